The van der Waals surface area contributed by atoms with E-state index in [1.165, 1.54) is 12.1 Å². The Balaban J connectivity index is 0.00000162. The molecule has 1 aromatic heterocycles. The van der Waals surface area contributed by atoms with E-state index in [-0.39, 0.29) is 30.6 Å². The molecule has 1 heterocycles. The number of quaternary nitrogens is 1. The highest BCUT2D eigenvalue weighted by Gasteiger charge is 2.07. The van der Waals surface area contributed by atoms with Gasteiger partial charge in [0.15, 0.2) is 0 Å². The van der Waals surface area contributed by atoms with E-state index in [4.69, 9.17) is 5.73 Å². The Morgan fingerprint density at radius 2 is 1.74 bits per heavy atom. The number of halogens is 3. The summed E-state index contributed by atoms with van der Waals surface area (Å²) in [4.78, 5) is 3.04. The van der Waals surface area contributed by atoms with E-state index < -0.39 is 0 Å². The molecular weight excluding hydrogens is 290 g/mol. The molecule has 0 atom stereocenters. The quantitative estimate of drug-likeness (QED) is 0.530. The average molecular weight is 305 g/mol. The van der Waals surface area contributed by atoms with Crippen molar-refractivity contribution in [2.24, 2.45) is 0 Å². The van der Waals surface area contributed by atoms with Crippen LogP contribution in [-0.4, -0.2) is 0 Å². The highest BCUT2D eigenvalue weighted by atomic mass is 35.5. The van der Waals surface area contributed by atoms with Crippen molar-refractivity contribution in [3.63, 3.8) is 0 Å². The molecule has 0 saturated carbocycles. The zero-order chi connectivity index (χ0) is 12.3. The van der Waals surface area contributed by atoms with Crippen LogP contribution in [0.3, 0.4) is 0 Å². The maximum absolute atomic E-state index is 12.7. The lowest BCUT2D eigenvalue weighted by Gasteiger charge is -2.00. The second-order valence-electron chi connectivity index (χ2n) is 3.79. The normalized spacial score (nSPS) is 9.16. The van der Waals surface area contributed by atoms with Crippen LogP contribution in [-0.2, 0) is 6.54 Å². The predicted octanol–water partition coefficient (Wildman–Crippen LogP) is -5.28. The summed E-state index contributed by atoms with van der Waals surface area (Å²) in [5, 5.41) is 3.17. The van der Waals surface area contributed by atoms with Crippen LogP contribution in [0.25, 0.3) is 0 Å². The minimum absolute atomic E-state index is 0. The van der Waals surface area contributed by atoms with E-state index in [1.54, 1.807) is 18.2 Å². The van der Waals surface area contributed by atoms with E-state index in [0.29, 0.717) is 18.1 Å². The average Bonchev–Trinajstić information content (AvgIpc) is 2.33. The fourth-order valence-corrected chi connectivity index (χ4v) is 1.45. The number of hydrogen-bond acceptors (Lipinski definition) is 2. The number of benzene rings is 1. The molecule has 1 aromatic carbocycles. The molecule has 4 nitrogen and oxygen atoms in total. The van der Waals surface area contributed by atoms with Crippen molar-refractivity contribution >= 4 is 17.3 Å². The number of nitrogens with one attached hydrogen (secondary N) is 2. The minimum atomic E-state index is -0.229. The molecular formula is C12H15Cl2FN4. The molecule has 0 radical (unpaired) electrons. The molecule has 7 heteroatoms. The molecule has 0 unspecified atom stereocenters. The molecule has 2 aromatic rings. The third kappa shape index (κ3) is 4.90. The molecule has 7 N–H and O–H groups in total. The van der Waals surface area contributed by atoms with Crippen LogP contribution in [0, 0.1) is 5.82 Å². The maximum Gasteiger partial charge on any atom is 0.308 e. The summed E-state index contributed by atoms with van der Waals surface area (Å²) < 4.78 is 12.7. The molecule has 19 heavy (non-hydrogen) atoms. The van der Waals surface area contributed by atoms with E-state index >= 15 is 0 Å². The van der Waals surface area contributed by atoms with Crippen molar-refractivity contribution in [3.05, 3.63) is 47.8 Å². The Morgan fingerprint density at radius 1 is 1.11 bits per heavy atom. The van der Waals surface area contributed by atoms with E-state index in [9.17, 15) is 4.39 Å². The standard InChI is InChI=1S/C12H13FN4.2ClH/c13-9-3-1-8(2-4-9)7-16-11-6-5-10(14)12(15)17-11;;/h1-6H,7,14H2,(H3,15,16,17);2*1H. The number of nitrogens with two attached hydrogens (primary N) is 1. The Kier molecular flexibility index (Phi) is 7.14. The number of aromatic nitrogens is 1. The van der Waals surface area contributed by atoms with Gasteiger partial charge in [-0.05, 0) is 23.8 Å². The summed E-state index contributed by atoms with van der Waals surface area (Å²) in [6.45, 7) is 0.611. The third-order valence-corrected chi connectivity index (χ3v) is 2.46. The maximum atomic E-state index is 12.7. The van der Waals surface area contributed by atoms with Crippen LogP contribution in [0.2, 0.25) is 0 Å². The number of hydrogen-bond donors (Lipinski definition) is 3. The van der Waals surface area contributed by atoms with Crippen LogP contribution in [0.1, 0.15) is 5.56 Å². The molecule has 0 aliphatic rings. The van der Waals surface area contributed by atoms with Gasteiger partial charge in [0.25, 0.3) is 5.82 Å². The number of H-pyrrole nitrogens is 1. The van der Waals surface area contributed by atoms with E-state index in [1.807, 2.05) is 6.07 Å². The molecule has 0 aliphatic heterocycles. The van der Waals surface area contributed by atoms with Gasteiger partial charge in [0.1, 0.15) is 18.0 Å². The minimum Gasteiger partial charge on any atom is -1.00 e. The first kappa shape index (κ1) is 17.4. The SMILES string of the molecule is Nc1ccc(NCc2ccc(F)cc2)[nH+]c1[NH3+].[Cl-].[Cl-]. The summed E-state index contributed by atoms with van der Waals surface area (Å²) in [5.74, 6) is 1.27. The summed E-state index contributed by atoms with van der Waals surface area (Å²) >= 11 is 0. The Hall–Kier alpha value is -1.56. The van der Waals surface area contributed by atoms with E-state index in [2.05, 4.69) is 16.0 Å². The van der Waals surface area contributed by atoms with Crippen LogP contribution in [0.15, 0.2) is 36.4 Å². The summed E-state index contributed by atoms with van der Waals surface area (Å²) in [6.07, 6.45) is 0. The second-order valence-corrected chi connectivity index (χ2v) is 3.79. The van der Waals surface area contributed by atoms with Gasteiger partial charge in [-0.3, -0.25) is 11.1 Å². The van der Waals surface area contributed by atoms with Gasteiger partial charge in [0.2, 0.25) is 0 Å². The zero-order valence-electron chi connectivity index (χ0n) is 10.1. The van der Waals surface area contributed by atoms with Gasteiger partial charge in [0.05, 0.1) is 0 Å². The molecule has 2 rings (SSSR count). The second kappa shape index (κ2) is 7.78. The van der Waals surface area contributed by atoms with Crippen molar-refractivity contribution in [1.82, 2.24) is 0 Å². The Morgan fingerprint density at radius 3 is 2.32 bits per heavy atom. The number of pyridine rings is 1. The first-order chi connectivity index (χ1) is 8.15. The summed E-state index contributed by atoms with van der Waals surface area (Å²) in [7, 11) is 0. The first-order valence-corrected chi connectivity index (χ1v) is 5.27. The summed E-state index contributed by atoms with van der Waals surface area (Å²) in [5.41, 5.74) is 11.1. The first-order valence-electron chi connectivity index (χ1n) is 5.27. The lowest BCUT2D eigenvalue weighted by molar-refractivity contribution is -0.465. The van der Waals surface area contributed by atoms with Gasteiger partial charge in [-0.25, -0.2) is 4.39 Å². The Bertz CT molecular complexity index is 520. The van der Waals surface area contributed by atoms with Gasteiger partial charge in [-0.2, -0.15) is 4.98 Å². The van der Waals surface area contributed by atoms with Crippen molar-refractivity contribution in [2.45, 2.75) is 6.54 Å². The van der Waals surface area contributed by atoms with Gasteiger partial charge in [-0.1, -0.05) is 12.1 Å². The molecule has 0 amide bonds. The lowest BCUT2D eigenvalue weighted by atomic mass is 10.2. The molecule has 0 saturated heterocycles. The topological polar surface area (TPSA) is 79.8 Å². The highest BCUT2D eigenvalue weighted by Crippen LogP contribution is 2.10. The van der Waals surface area contributed by atoms with Crippen LogP contribution in [0.4, 0.5) is 21.7 Å². The molecule has 0 bridgehead atoms. The smallest absolute Gasteiger partial charge is 0.308 e. The van der Waals surface area contributed by atoms with Crippen LogP contribution < -0.4 is 46.6 Å². The molecule has 0 fully saturated rings. The monoisotopic (exact) mass is 304 g/mol. The van der Waals surface area contributed by atoms with Crippen molar-refractivity contribution in [3.8, 4) is 0 Å². The fraction of sp³-hybridized carbons (Fsp3) is 0.0833. The van der Waals surface area contributed by atoms with Gasteiger partial charge in [-0.15, -0.1) is 0 Å². The van der Waals surface area contributed by atoms with Gasteiger partial charge < -0.3 is 30.5 Å². The molecule has 104 valence electrons. The molecule has 0 aliphatic carbocycles. The largest absolute Gasteiger partial charge is 1.00 e. The van der Waals surface area contributed by atoms with Crippen molar-refractivity contribution < 1.29 is 39.9 Å². The number of rotatable bonds is 3. The van der Waals surface area contributed by atoms with Crippen LogP contribution in [0.5, 0.6) is 0 Å². The zero-order valence-corrected chi connectivity index (χ0v) is 11.6. The number of nitrogen functional groups attached to an aromatic ring is 1. The Labute approximate surface area is 123 Å². The highest BCUT2D eigenvalue weighted by molar-refractivity contribution is 5.51. The number of anilines is 2. The van der Waals surface area contributed by atoms with Gasteiger partial charge >= 0.3 is 5.82 Å². The summed E-state index contributed by atoms with van der Waals surface area (Å²) in [6, 6.07) is 9.99. The van der Waals surface area contributed by atoms with Crippen molar-refractivity contribution in [2.75, 3.05) is 11.1 Å². The lowest BCUT2D eigenvalue weighted by Crippen LogP contribution is -3.00. The van der Waals surface area contributed by atoms with Crippen LogP contribution >= 0.6 is 0 Å². The van der Waals surface area contributed by atoms with Crippen molar-refractivity contribution in [1.29, 1.82) is 0 Å². The fourth-order valence-electron chi connectivity index (χ4n) is 1.45. The predicted molar refractivity (Wildman–Crippen MR) is 63.7 cm³/mol. The number of aromatic amines is 1. The third-order valence-electron chi connectivity index (χ3n) is 2.46. The molecule has 0 spiro atoms. The van der Waals surface area contributed by atoms with E-state index in [0.717, 1.165) is 11.4 Å². The van der Waals surface area contributed by atoms with Gasteiger partial charge in [0, 0.05) is 6.07 Å².